The van der Waals surface area contributed by atoms with Gasteiger partial charge in [-0.05, 0) is 56.4 Å². The fourth-order valence-electron chi connectivity index (χ4n) is 3.59. The molecule has 1 heterocycles. The van der Waals surface area contributed by atoms with Gasteiger partial charge < -0.3 is 15.5 Å². The number of anilines is 1. The van der Waals surface area contributed by atoms with E-state index in [1.807, 2.05) is 4.90 Å². The van der Waals surface area contributed by atoms with Crippen LogP contribution in [0, 0.1) is 18.7 Å². The topological polar surface area (TPSA) is 61.4 Å². The fraction of sp³-hybridized carbons (Fsp3) is 0.600. The number of carbonyl (C=O) groups is 2. The van der Waals surface area contributed by atoms with Gasteiger partial charge in [0.05, 0.1) is 0 Å². The summed E-state index contributed by atoms with van der Waals surface area (Å²) in [6, 6.07) is 4.71. The smallest absolute Gasteiger partial charge is 0.225 e. The Morgan fingerprint density at radius 2 is 1.92 bits per heavy atom. The molecule has 2 aliphatic rings. The number of benzene rings is 1. The quantitative estimate of drug-likeness (QED) is 0.819. The standard InChI is InChI=1S/C20H28FN3O2/c1-14-13-16(21)5-6-18(14)23-19(25)7-10-22-17-8-11-24(12-9-17)20(26)15-3-2-4-15/h5-6,13,15,17,22H,2-4,7-12H2,1H3,(H,23,25). The van der Waals surface area contributed by atoms with E-state index in [9.17, 15) is 14.0 Å². The normalized spacial score (nSPS) is 18.5. The van der Waals surface area contributed by atoms with Gasteiger partial charge in [0, 0.05) is 43.7 Å². The highest BCUT2D eigenvalue weighted by atomic mass is 19.1. The molecule has 2 N–H and O–H groups in total. The third-order valence-corrected chi connectivity index (χ3v) is 5.51. The average molecular weight is 361 g/mol. The second-order valence-electron chi connectivity index (χ2n) is 7.44. The van der Waals surface area contributed by atoms with E-state index >= 15 is 0 Å². The zero-order chi connectivity index (χ0) is 18.5. The Kier molecular flexibility index (Phi) is 6.25. The van der Waals surface area contributed by atoms with Crippen LogP contribution in [0.5, 0.6) is 0 Å². The Morgan fingerprint density at radius 1 is 1.19 bits per heavy atom. The monoisotopic (exact) mass is 361 g/mol. The molecule has 142 valence electrons. The summed E-state index contributed by atoms with van der Waals surface area (Å²) >= 11 is 0. The van der Waals surface area contributed by atoms with Crippen molar-refractivity contribution in [2.75, 3.05) is 25.0 Å². The maximum absolute atomic E-state index is 13.1. The van der Waals surface area contributed by atoms with E-state index in [-0.39, 0.29) is 17.6 Å². The van der Waals surface area contributed by atoms with Crippen LogP contribution in [0.15, 0.2) is 18.2 Å². The number of aryl methyl sites for hydroxylation is 1. The Balaban J connectivity index is 1.33. The molecule has 0 spiro atoms. The fourth-order valence-corrected chi connectivity index (χ4v) is 3.59. The summed E-state index contributed by atoms with van der Waals surface area (Å²) in [5, 5.41) is 6.24. The van der Waals surface area contributed by atoms with Crippen LogP contribution in [0.2, 0.25) is 0 Å². The van der Waals surface area contributed by atoms with E-state index in [4.69, 9.17) is 0 Å². The van der Waals surface area contributed by atoms with Gasteiger partial charge in [0.1, 0.15) is 5.82 Å². The van der Waals surface area contributed by atoms with E-state index in [1.54, 1.807) is 13.0 Å². The van der Waals surface area contributed by atoms with E-state index in [1.165, 1.54) is 18.6 Å². The highest BCUT2D eigenvalue weighted by molar-refractivity contribution is 5.91. The summed E-state index contributed by atoms with van der Waals surface area (Å²) < 4.78 is 13.1. The van der Waals surface area contributed by atoms with Gasteiger partial charge in [-0.1, -0.05) is 6.42 Å². The first-order valence-electron chi connectivity index (χ1n) is 9.61. The van der Waals surface area contributed by atoms with Gasteiger partial charge in [-0.25, -0.2) is 4.39 Å². The number of hydrogen-bond acceptors (Lipinski definition) is 3. The van der Waals surface area contributed by atoms with E-state index < -0.39 is 0 Å². The first-order chi connectivity index (χ1) is 12.5. The molecule has 1 aliphatic heterocycles. The van der Waals surface area contributed by atoms with Crippen molar-refractivity contribution in [2.24, 2.45) is 5.92 Å². The molecule has 1 aliphatic carbocycles. The molecule has 26 heavy (non-hydrogen) atoms. The summed E-state index contributed by atoms with van der Waals surface area (Å²) in [6.45, 7) is 4.00. The zero-order valence-electron chi connectivity index (χ0n) is 15.4. The minimum atomic E-state index is -0.302. The number of nitrogens with one attached hydrogen (secondary N) is 2. The molecule has 5 nitrogen and oxygen atoms in total. The van der Waals surface area contributed by atoms with Crippen molar-refractivity contribution in [3.8, 4) is 0 Å². The number of amides is 2. The van der Waals surface area contributed by atoms with Crippen LogP contribution in [0.4, 0.5) is 10.1 Å². The van der Waals surface area contributed by atoms with E-state index in [0.29, 0.717) is 30.6 Å². The number of hydrogen-bond donors (Lipinski definition) is 2. The minimum absolute atomic E-state index is 0.0789. The number of rotatable bonds is 6. The van der Waals surface area contributed by atoms with Crippen molar-refractivity contribution in [3.05, 3.63) is 29.6 Å². The van der Waals surface area contributed by atoms with E-state index in [2.05, 4.69) is 10.6 Å². The van der Waals surface area contributed by atoms with Crippen LogP contribution in [0.1, 0.15) is 44.1 Å². The average Bonchev–Trinajstić information content (AvgIpc) is 2.56. The zero-order valence-corrected chi connectivity index (χ0v) is 15.4. The lowest BCUT2D eigenvalue weighted by atomic mass is 9.84. The van der Waals surface area contributed by atoms with Gasteiger partial charge in [0.2, 0.25) is 11.8 Å². The van der Waals surface area contributed by atoms with Crippen molar-refractivity contribution < 1.29 is 14.0 Å². The van der Waals surface area contributed by atoms with Crippen LogP contribution >= 0.6 is 0 Å². The lowest BCUT2D eigenvalue weighted by Crippen LogP contribution is -2.48. The molecule has 0 unspecified atom stereocenters. The lowest BCUT2D eigenvalue weighted by molar-refractivity contribution is -0.139. The SMILES string of the molecule is Cc1cc(F)ccc1NC(=O)CCNC1CCN(C(=O)C2CCC2)CC1. The first kappa shape index (κ1) is 18.8. The maximum atomic E-state index is 13.1. The summed E-state index contributed by atoms with van der Waals surface area (Å²) in [5.41, 5.74) is 1.37. The van der Waals surface area contributed by atoms with Crippen molar-refractivity contribution in [3.63, 3.8) is 0 Å². The highest BCUT2D eigenvalue weighted by Gasteiger charge is 2.31. The predicted octanol–water partition coefficient (Wildman–Crippen LogP) is 2.84. The van der Waals surface area contributed by atoms with Gasteiger partial charge in [-0.15, -0.1) is 0 Å². The Hall–Kier alpha value is -1.95. The summed E-state index contributed by atoms with van der Waals surface area (Å²) in [4.78, 5) is 26.3. The predicted molar refractivity (Wildman–Crippen MR) is 99.3 cm³/mol. The summed E-state index contributed by atoms with van der Waals surface area (Å²) in [6.07, 6.45) is 5.56. The third kappa shape index (κ3) is 4.81. The number of nitrogens with zero attached hydrogens (tertiary/aromatic N) is 1. The minimum Gasteiger partial charge on any atom is -0.342 e. The van der Waals surface area contributed by atoms with Gasteiger partial charge in [-0.2, -0.15) is 0 Å². The molecule has 2 fully saturated rings. The number of halogens is 1. The second-order valence-corrected chi connectivity index (χ2v) is 7.44. The molecule has 6 heteroatoms. The van der Waals surface area contributed by atoms with Crippen LogP contribution in [0.25, 0.3) is 0 Å². The summed E-state index contributed by atoms with van der Waals surface area (Å²) in [7, 11) is 0. The van der Waals surface area contributed by atoms with Crippen molar-refractivity contribution >= 4 is 17.5 Å². The molecule has 1 aromatic rings. The molecular weight excluding hydrogens is 333 g/mol. The molecule has 0 bridgehead atoms. The largest absolute Gasteiger partial charge is 0.342 e. The summed E-state index contributed by atoms with van der Waals surface area (Å²) in [5.74, 6) is 0.232. The van der Waals surface area contributed by atoms with Crippen LogP contribution in [0.3, 0.4) is 0 Å². The third-order valence-electron chi connectivity index (χ3n) is 5.51. The lowest BCUT2D eigenvalue weighted by Gasteiger charge is -2.36. The molecule has 1 aromatic carbocycles. The van der Waals surface area contributed by atoms with Crippen molar-refractivity contribution in [2.45, 2.75) is 51.5 Å². The van der Waals surface area contributed by atoms with Crippen LogP contribution < -0.4 is 10.6 Å². The Bertz CT molecular complexity index is 652. The Morgan fingerprint density at radius 3 is 2.54 bits per heavy atom. The molecule has 1 saturated heterocycles. The van der Waals surface area contributed by atoms with Crippen molar-refractivity contribution in [1.82, 2.24) is 10.2 Å². The molecule has 0 radical (unpaired) electrons. The van der Waals surface area contributed by atoms with E-state index in [0.717, 1.165) is 44.3 Å². The van der Waals surface area contributed by atoms with Crippen molar-refractivity contribution in [1.29, 1.82) is 0 Å². The van der Waals surface area contributed by atoms with Gasteiger partial charge >= 0.3 is 0 Å². The highest BCUT2D eigenvalue weighted by Crippen LogP contribution is 2.29. The number of piperidine rings is 1. The molecular formula is C20H28FN3O2. The maximum Gasteiger partial charge on any atom is 0.225 e. The Labute approximate surface area is 154 Å². The molecule has 3 rings (SSSR count). The molecule has 0 aromatic heterocycles. The molecule has 2 amide bonds. The number of carbonyl (C=O) groups excluding carboxylic acids is 2. The molecule has 0 atom stereocenters. The van der Waals surface area contributed by atoms with Gasteiger partial charge in [-0.3, -0.25) is 9.59 Å². The molecule has 1 saturated carbocycles. The van der Waals surface area contributed by atoms with Crippen LogP contribution in [-0.4, -0.2) is 42.4 Å². The second kappa shape index (κ2) is 8.62. The number of likely N-dealkylation sites (tertiary alicyclic amines) is 1. The van der Waals surface area contributed by atoms with Gasteiger partial charge in [0.25, 0.3) is 0 Å². The van der Waals surface area contributed by atoms with Crippen LogP contribution in [-0.2, 0) is 9.59 Å². The van der Waals surface area contributed by atoms with Gasteiger partial charge in [0.15, 0.2) is 0 Å². The first-order valence-corrected chi connectivity index (χ1v) is 9.61.